The molecule has 0 unspecified atom stereocenters. The standard InChI is InChI=1S/C56H51N5O8/c1-36(63)59-28-30-60(31-29-59)43-23-21-42(22-24-43)57-53(64)48-50-54(65)69-51(40-12-7-4-8-13-40)49(39-10-5-3-6-11-39)61(50)52(41-14-9-15-45(35-41)68-33-32-62)56(48)46-34-38(20-27-47(46)58-55(56)66)17-16-37-18-25-44(67-2)26-19-37/h3-15,18-27,34-35,48-52,62H,28-33H2,1-2H3,(H,57,64)(H,58,66)/t48-,49-,50-,51+,52+,56-/m1/s1. The number of ether oxygens (including phenoxy) is 3. The number of benzene rings is 6. The van der Waals surface area contributed by atoms with Crippen LogP contribution in [0.4, 0.5) is 17.1 Å². The first kappa shape index (κ1) is 44.9. The van der Waals surface area contributed by atoms with E-state index in [-0.39, 0.29) is 19.1 Å². The first-order chi connectivity index (χ1) is 33.7. The highest BCUT2D eigenvalue weighted by Gasteiger charge is 2.74. The Morgan fingerprint density at radius 2 is 1.42 bits per heavy atom. The van der Waals surface area contributed by atoms with Crippen LogP contribution in [0.5, 0.6) is 11.5 Å². The molecule has 3 saturated heterocycles. The number of fused-ring (bicyclic) bond motifs is 3. The van der Waals surface area contributed by atoms with E-state index in [1.807, 2.05) is 149 Å². The molecule has 6 aromatic carbocycles. The Labute approximate surface area is 400 Å². The molecule has 3 N–H and O–H groups in total. The maximum Gasteiger partial charge on any atom is 0.324 e. The summed E-state index contributed by atoms with van der Waals surface area (Å²) in [4.78, 5) is 64.9. The third-order valence-electron chi connectivity index (χ3n) is 13.8. The molecular formula is C56H51N5O8. The van der Waals surface area contributed by atoms with E-state index in [4.69, 9.17) is 14.2 Å². The van der Waals surface area contributed by atoms with Gasteiger partial charge < -0.3 is 39.8 Å². The zero-order chi connectivity index (χ0) is 47.6. The number of hydrogen-bond donors (Lipinski definition) is 3. The number of amides is 3. The summed E-state index contributed by atoms with van der Waals surface area (Å²) in [5.41, 5.74) is 4.14. The minimum Gasteiger partial charge on any atom is -0.497 e. The van der Waals surface area contributed by atoms with Crippen molar-refractivity contribution in [3.05, 3.63) is 185 Å². The Morgan fingerprint density at radius 3 is 2.10 bits per heavy atom. The molecule has 6 atom stereocenters. The van der Waals surface area contributed by atoms with Crippen LogP contribution in [0.15, 0.2) is 152 Å². The van der Waals surface area contributed by atoms with Gasteiger partial charge in [-0.1, -0.05) is 84.6 Å². The molecule has 3 fully saturated rings. The molecule has 4 aliphatic rings. The van der Waals surface area contributed by atoms with Crippen LogP contribution in [0.3, 0.4) is 0 Å². The highest BCUT2D eigenvalue weighted by atomic mass is 16.6. The van der Waals surface area contributed by atoms with E-state index < -0.39 is 53.3 Å². The molecule has 6 aromatic rings. The second-order valence-electron chi connectivity index (χ2n) is 17.6. The van der Waals surface area contributed by atoms with Crippen LogP contribution in [0, 0.1) is 17.8 Å². The van der Waals surface area contributed by atoms with E-state index in [9.17, 15) is 9.90 Å². The summed E-state index contributed by atoms with van der Waals surface area (Å²) in [5.74, 6) is 4.69. The molecule has 4 heterocycles. The lowest BCUT2D eigenvalue weighted by atomic mass is 9.65. The van der Waals surface area contributed by atoms with Crippen LogP contribution in [-0.4, -0.2) is 91.1 Å². The first-order valence-corrected chi connectivity index (χ1v) is 23.1. The topological polar surface area (TPSA) is 150 Å². The fourth-order valence-corrected chi connectivity index (χ4v) is 10.7. The highest BCUT2D eigenvalue weighted by Crippen LogP contribution is 2.65. The number of nitrogens with one attached hydrogen (secondary N) is 2. The number of carbonyl (C=O) groups is 4. The average molecular weight is 922 g/mol. The number of morpholine rings is 1. The van der Waals surface area contributed by atoms with Gasteiger partial charge in [0, 0.05) is 61.3 Å². The summed E-state index contributed by atoms with van der Waals surface area (Å²) >= 11 is 0. The van der Waals surface area contributed by atoms with Crippen LogP contribution in [0.2, 0.25) is 0 Å². The average Bonchev–Trinajstić information content (AvgIpc) is 3.87. The van der Waals surface area contributed by atoms with Gasteiger partial charge >= 0.3 is 5.97 Å². The minimum atomic E-state index is -1.77. The second-order valence-corrected chi connectivity index (χ2v) is 17.6. The fourth-order valence-electron chi connectivity index (χ4n) is 10.7. The lowest BCUT2D eigenvalue weighted by Gasteiger charge is -2.46. The van der Waals surface area contributed by atoms with Crippen LogP contribution in [-0.2, 0) is 29.3 Å². The third kappa shape index (κ3) is 8.32. The molecule has 4 aliphatic heterocycles. The van der Waals surface area contributed by atoms with E-state index in [0.29, 0.717) is 65.7 Å². The smallest absolute Gasteiger partial charge is 0.324 e. The monoisotopic (exact) mass is 921 g/mol. The number of carbonyl (C=O) groups excluding carboxylic acids is 4. The van der Waals surface area contributed by atoms with E-state index in [2.05, 4.69) is 27.4 Å². The van der Waals surface area contributed by atoms with Gasteiger partial charge in [0.05, 0.1) is 31.7 Å². The van der Waals surface area contributed by atoms with Gasteiger partial charge in [-0.15, -0.1) is 0 Å². The molecule has 3 amide bonds. The van der Waals surface area contributed by atoms with Crippen LogP contribution in [0.1, 0.15) is 58.5 Å². The van der Waals surface area contributed by atoms with Gasteiger partial charge in [0.15, 0.2) is 0 Å². The zero-order valence-electron chi connectivity index (χ0n) is 38.2. The lowest BCUT2D eigenvalue weighted by Crippen LogP contribution is -2.53. The van der Waals surface area contributed by atoms with Crippen molar-refractivity contribution in [3.8, 4) is 23.3 Å². The van der Waals surface area contributed by atoms with E-state index >= 15 is 14.4 Å². The molecular weight excluding hydrogens is 871 g/mol. The maximum absolute atomic E-state index is 15.8. The van der Waals surface area contributed by atoms with E-state index in [1.165, 1.54) is 0 Å². The van der Waals surface area contributed by atoms with Crippen LogP contribution < -0.4 is 25.0 Å². The van der Waals surface area contributed by atoms with Gasteiger partial charge in [0.1, 0.15) is 35.7 Å². The number of hydrogen-bond acceptors (Lipinski definition) is 10. The van der Waals surface area contributed by atoms with Crippen molar-refractivity contribution in [2.24, 2.45) is 5.92 Å². The molecule has 0 saturated carbocycles. The summed E-state index contributed by atoms with van der Waals surface area (Å²) in [6.07, 6.45) is -0.844. The Balaban J connectivity index is 1.16. The fraction of sp³-hybridized carbons (Fsp3) is 0.250. The quantitative estimate of drug-likeness (QED) is 0.0965. The summed E-state index contributed by atoms with van der Waals surface area (Å²) in [6, 6.07) is 44.0. The summed E-state index contributed by atoms with van der Waals surface area (Å²) in [5, 5.41) is 16.1. The van der Waals surface area contributed by atoms with Crippen molar-refractivity contribution in [3.63, 3.8) is 0 Å². The molecule has 13 nitrogen and oxygen atoms in total. The van der Waals surface area contributed by atoms with Gasteiger partial charge in [0.25, 0.3) is 0 Å². The summed E-state index contributed by atoms with van der Waals surface area (Å²) in [7, 11) is 1.60. The number of piperazine rings is 1. The SMILES string of the molecule is COc1ccc(C#Cc2ccc3c(c2)[C@]2(C(=O)N3)[C@H](c3cccc(OCCO)c3)N3[C@H](c4ccccc4)[C@H](c4ccccc4)OC(=O)[C@H]3[C@@H]2C(=O)Nc2ccc(N3CCN(C(C)=O)CC3)cc2)cc1. The normalized spacial score (nSPS) is 22.7. The Kier molecular flexibility index (Phi) is 12.4. The number of esters is 1. The zero-order valence-corrected chi connectivity index (χ0v) is 38.2. The molecule has 0 aliphatic carbocycles. The highest BCUT2D eigenvalue weighted by molar-refractivity contribution is 6.13. The Hall–Kier alpha value is -7.92. The molecule has 10 rings (SSSR count). The maximum atomic E-state index is 15.8. The van der Waals surface area contributed by atoms with Crippen molar-refractivity contribution < 1.29 is 38.5 Å². The van der Waals surface area contributed by atoms with Gasteiger partial charge in [-0.05, 0) is 101 Å². The molecule has 69 heavy (non-hydrogen) atoms. The van der Waals surface area contributed by atoms with Crippen molar-refractivity contribution in [2.45, 2.75) is 36.6 Å². The van der Waals surface area contributed by atoms with Gasteiger partial charge in [-0.2, -0.15) is 0 Å². The van der Waals surface area contributed by atoms with Crippen molar-refractivity contribution in [1.82, 2.24) is 9.80 Å². The number of aliphatic hydroxyl groups is 1. The molecule has 348 valence electrons. The predicted molar refractivity (Wildman–Crippen MR) is 261 cm³/mol. The second kappa shape index (κ2) is 19.0. The Morgan fingerprint density at radius 1 is 0.754 bits per heavy atom. The lowest BCUT2D eigenvalue weighted by molar-refractivity contribution is -0.177. The van der Waals surface area contributed by atoms with Gasteiger partial charge in [-0.3, -0.25) is 24.1 Å². The number of nitrogens with zero attached hydrogens (tertiary/aromatic N) is 3. The molecule has 0 aromatic heterocycles. The summed E-state index contributed by atoms with van der Waals surface area (Å²) < 4.78 is 18.0. The van der Waals surface area contributed by atoms with E-state index in [1.54, 1.807) is 26.2 Å². The Bertz CT molecular complexity index is 2950. The van der Waals surface area contributed by atoms with E-state index in [0.717, 1.165) is 22.4 Å². The number of anilines is 3. The van der Waals surface area contributed by atoms with Crippen molar-refractivity contribution in [1.29, 1.82) is 0 Å². The molecule has 13 heteroatoms. The number of methoxy groups -OCH3 is 1. The number of aliphatic hydroxyl groups excluding tert-OH is 1. The summed E-state index contributed by atoms with van der Waals surface area (Å²) in [6.45, 7) is 3.93. The predicted octanol–water partition coefficient (Wildman–Crippen LogP) is 7.04. The molecule has 1 spiro atoms. The van der Waals surface area contributed by atoms with Crippen molar-refractivity contribution >= 4 is 40.8 Å². The minimum absolute atomic E-state index is 0.0264. The van der Waals surface area contributed by atoms with Gasteiger partial charge in [0.2, 0.25) is 17.7 Å². The number of cyclic esters (lactones) is 1. The molecule has 0 bridgehead atoms. The van der Waals surface area contributed by atoms with Crippen LogP contribution >= 0.6 is 0 Å². The number of rotatable bonds is 10. The van der Waals surface area contributed by atoms with Crippen molar-refractivity contribution in [2.75, 3.05) is 62.0 Å². The first-order valence-electron chi connectivity index (χ1n) is 23.1. The van der Waals surface area contributed by atoms with Gasteiger partial charge in [-0.25, -0.2) is 0 Å². The molecule has 0 radical (unpaired) electrons. The largest absolute Gasteiger partial charge is 0.497 e. The van der Waals surface area contributed by atoms with Crippen LogP contribution in [0.25, 0.3) is 0 Å². The third-order valence-corrected chi connectivity index (χ3v) is 13.8.